The highest BCUT2D eigenvalue weighted by atomic mass is 127. The second kappa shape index (κ2) is 11.1. The summed E-state index contributed by atoms with van der Waals surface area (Å²) in [5.74, 6) is 1.81. The van der Waals surface area contributed by atoms with Crippen LogP contribution in [0.1, 0.15) is 25.3 Å². The van der Waals surface area contributed by atoms with Crippen LogP contribution in [-0.2, 0) is 11.3 Å². The van der Waals surface area contributed by atoms with Gasteiger partial charge in [-0.15, -0.1) is 24.0 Å². The maximum absolute atomic E-state index is 6.04. The summed E-state index contributed by atoms with van der Waals surface area (Å²) in [4.78, 5) is 9.56. The number of guanidine groups is 1. The van der Waals surface area contributed by atoms with Crippen molar-refractivity contribution in [3.8, 4) is 5.75 Å². The predicted octanol–water partition coefficient (Wildman–Crippen LogP) is 2.57. The van der Waals surface area contributed by atoms with Crippen molar-refractivity contribution in [3.63, 3.8) is 0 Å². The number of halogens is 1. The molecule has 1 N–H and O–H groups in total. The van der Waals surface area contributed by atoms with Gasteiger partial charge in [-0.1, -0.05) is 12.1 Å². The summed E-state index contributed by atoms with van der Waals surface area (Å²) in [5, 5.41) is 3.39. The van der Waals surface area contributed by atoms with Crippen LogP contribution in [0, 0.1) is 0 Å². The van der Waals surface area contributed by atoms with Gasteiger partial charge in [-0.05, 0) is 44.0 Å². The Kier molecular flexibility index (Phi) is 9.11. The third kappa shape index (κ3) is 6.22. The first-order valence-corrected chi connectivity index (χ1v) is 9.67. The van der Waals surface area contributed by atoms with Crippen molar-refractivity contribution in [2.45, 2.75) is 38.5 Å². The molecule has 0 bridgehead atoms. The van der Waals surface area contributed by atoms with Crippen LogP contribution < -0.4 is 10.1 Å². The van der Waals surface area contributed by atoms with Crippen LogP contribution >= 0.6 is 24.0 Å². The molecule has 3 rings (SSSR count). The van der Waals surface area contributed by atoms with Crippen LogP contribution in [0.15, 0.2) is 29.3 Å². The Hall–Kier alpha value is -1.06. The zero-order chi connectivity index (χ0) is 18.4. The van der Waals surface area contributed by atoms with Crippen LogP contribution in [-0.4, -0.2) is 74.8 Å². The molecule has 2 aliphatic heterocycles. The Morgan fingerprint density at radius 2 is 2.15 bits per heavy atom. The van der Waals surface area contributed by atoms with Crippen molar-refractivity contribution in [1.82, 2.24) is 15.1 Å². The number of hydrogen-bond donors (Lipinski definition) is 1. The molecule has 0 spiro atoms. The summed E-state index contributed by atoms with van der Waals surface area (Å²) in [6, 6.07) is 8.82. The maximum atomic E-state index is 6.04. The molecule has 152 valence electrons. The van der Waals surface area contributed by atoms with E-state index in [2.05, 4.69) is 41.2 Å². The van der Waals surface area contributed by atoms with Gasteiger partial charge in [-0.3, -0.25) is 9.89 Å². The lowest BCUT2D eigenvalue weighted by molar-refractivity contribution is -0.0432. The highest BCUT2D eigenvalue weighted by Crippen LogP contribution is 2.22. The first-order valence-electron chi connectivity index (χ1n) is 9.67. The number of nitrogens with zero attached hydrogens (tertiary/aromatic N) is 3. The third-order valence-electron chi connectivity index (χ3n) is 5.18. The summed E-state index contributed by atoms with van der Waals surface area (Å²) >= 11 is 0. The van der Waals surface area contributed by atoms with Crippen LogP contribution in [0.25, 0.3) is 0 Å². The minimum atomic E-state index is 0. The zero-order valence-electron chi connectivity index (χ0n) is 16.7. The smallest absolute Gasteiger partial charge is 0.194 e. The van der Waals surface area contributed by atoms with Crippen LogP contribution in [0.4, 0.5) is 0 Å². The van der Waals surface area contributed by atoms with Crippen molar-refractivity contribution >= 4 is 29.9 Å². The summed E-state index contributed by atoms with van der Waals surface area (Å²) < 4.78 is 11.3. The largest absolute Gasteiger partial charge is 0.497 e. The van der Waals surface area contributed by atoms with E-state index in [0.717, 1.165) is 38.0 Å². The highest BCUT2D eigenvalue weighted by molar-refractivity contribution is 14.0. The van der Waals surface area contributed by atoms with E-state index < -0.39 is 0 Å². The number of benzene rings is 1. The quantitative estimate of drug-likeness (QED) is 0.379. The third-order valence-corrected chi connectivity index (χ3v) is 5.18. The molecule has 7 heteroatoms. The second-order valence-electron chi connectivity index (χ2n) is 7.15. The lowest BCUT2D eigenvalue weighted by Crippen LogP contribution is -2.47. The van der Waals surface area contributed by atoms with Gasteiger partial charge in [0.2, 0.25) is 0 Å². The molecule has 2 saturated heterocycles. The number of methoxy groups -OCH3 is 1. The highest BCUT2D eigenvalue weighted by Gasteiger charge is 2.32. The molecule has 0 amide bonds. The Balaban J connectivity index is 0.00000261. The van der Waals surface area contributed by atoms with Crippen LogP contribution in [0.3, 0.4) is 0 Å². The molecule has 2 unspecified atom stereocenters. The Labute approximate surface area is 180 Å². The van der Waals surface area contributed by atoms with E-state index in [9.17, 15) is 0 Å². The van der Waals surface area contributed by atoms with Crippen molar-refractivity contribution < 1.29 is 9.47 Å². The molecule has 6 nitrogen and oxygen atoms in total. The van der Waals surface area contributed by atoms with E-state index in [0.29, 0.717) is 12.6 Å². The molecule has 2 heterocycles. The minimum absolute atomic E-state index is 0. The van der Waals surface area contributed by atoms with E-state index in [1.807, 2.05) is 12.1 Å². The fourth-order valence-corrected chi connectivity index (χ4v) is 3.73. The number of aliphatic imine (C=N–C) groups is 1. The molecule has 0 aliphatic carbocycles. The van der Waals surface area contributed by atoms with E-state index in [1.54, 1.807) is 7.11 Å². The minimum Gasteiger partial charge on any atom is -0.497 e. The van der Waals surface area contributed by atoms with Gasteiger partial charge in [0.25, 0.3) is 0 Å². The van der Waals surface area contributed by atoms with E-state index in [4.69, 9.17) is 14.5 Å². The summed E-state index contributed by atoms with van der Waals surface area (Å²) in [5.41, 5.74) is 1.23. The van der Waals surface area contributed by atoms with Crippen molar-refractivity contribution in [2.75, 3.05) is 46.9 Å². The molecular weight excluding hydrogens is 455 g/mol. The first kappa shape index (κ1) is 22.2. The maximum Gasteiger partial charge on any atom is 0.194 e. The predicted molar refractivity (Wildman–Crippen MR) is 120 cm³/mol. The Bertz CT molecular complexity index is 596. The van der Waals surface area contributed by atoms with E-state index in [-0.39, 0.29) is 30.1 Å². The van der Waals surface area contributed by atoms with Gasteiger partial charge < -0.3 is 19.7 Å². The van der Waals surface area contributed by atoms with Gasteiger partial charge >= 0.3 is 0 Å². The summed E-state index contributed by atoms with van der Waals surface area (Å²) in [7, 11) is 3.76. The van der Waals surface area contributed by atoms with Gasteiger partial charge in [-0.2, -0.15) is 0 Å². The monoisotopic (exact) mass is 488 g/mol. The number of ether oxygens (including phenoxy) is 2. The molecule has 27 heavy (non-hydrogen) atoms. The van der Waals surface area contributed by atoms with E-state index >= 15 is 0 Å². The lowest BCUT2D eigenvalue weighted by atomic mass is 10.2. The second-order valence-corrected chi connectivity index (χ2v) is 7.15. The fourth-order valence-electron chi connectivity index (χ4n) is 3.73. The molecule has 0 saturated carbocycles. The first-order chi connectivity index (χ1) is 12.7. The van der Waals surface area contributed by atoms with E-state index in [1.165, 1.54) is 24.9 Å². The van der Waals surface area contributed by atoms with Crippen LogP contribution in [0.2, 0.25) is 0 Å². The molecule has 1 aromatic rings. The zero-order valence-corrected chi connectivity index (χ0v) is 19.0. The van der Waals surface area contributed by atoms with Crippen molar-refractivity contribution in [2.24, 2.45) is 4.99 Å². The fraction of sp³-hybridized carbons (Fsp3) is 0.650. The lowest BCUT2D eigenvalue weighted by Gasteiger charge is -2.34. The number of nitrogens with one attached hydrogen (secondary N) is 1. The standard InChI is InChI=1S/C20H32N4O2.HI/c1-4-21-20(23(2)13-16-7-9-18(25-3)10-8-16)22-12-19-14-24-11-5-6-17(24)15-26-19;/h7-10,17,19H,4-6,11-15H2,1-3H3,(H,21,22);1H. The normalized spacial score (nSPS) is 22.7. The number of rotatable bonds is 6. The van der Waals surface area contributed by atoms with Crippen molar-refractivity contribution in [3.05, 3.63) is 29.8 Å². The Morgan fingerprint density at radius 1 is 1.37 bits per heavy atom. The molecule has 2 atom stereocenters. The molecule has 0 aromatic heterocycles. The summed E-state index contributed by atoms with van der Waals surface area (Å²) in [6.45, 7) is 7.54. The van der Waals surface area contributed by atoms with Gasteiger partial charge in [0, 0.05) is 32.7 Å². The molecular formula is C20H33IN4O2. The summed E-state index contributed by atoms with van der Waals surface area (Å²) in [6.07, 6.45) is 2.79. The number of hydrogen-bond acceptors (Lipinski definition) is 4. The molecule has 0 radical (unpaired) electrons. The number of morpholine rings is 1. The average molecular weight is 488 g/mol. The molecule has 1 aromatic carbocycles. The topological polar surface area (TPSA) is 49.3 Å². The number of fused-ring (bicyclic) bond motifs is 1. The molecule has 2 fully saturated rings. The van der Waals surface area contributed by atoms with Gasteiger partial charge in [0.15, 0.2) is 5.96 Å². The molecule has 2 aliphatic rings. The van der Waals surface area contributed by atoms with Gasteiger partial charge in [-0.25, -0.2) is 0 Å². The SMILES string of the molecule is CCNC(=NCC1CN2CCCC2CO1)N(C)Cc1ccc(OC)cc1.I. The van der Waals surface area contributed by atoms with Gasteiger partial charge in [0.05, 0.1) is 26.4 Å². The van der Waals surface area contributed by atoms with Crippen molar-refractivity contribution in [1.29, 1.82) is 0 Å². The van der Waals surface area contributed by atoms with Gasteiger partial charge in [0.1, 0.15) is 5.75 Å². The Morgan fingerprint density at radius 3 is 2.85 bits per heavy atom. The average Bonchev–Trinajstić information content (AvgIpc) is 3.13. The van der Waals surface area contributed by atoms with Crippen LogP contribution in [0.5, 0.6) is 5.75 Å².